The van der Waals surface area contributed by atoms with E-state index in [4.69, 9.17) is 0 Å². The van der Waals surface area contributed by atoms with Gasteiger partial charge in [0.2, 0.25) is 0 Å². The summed E-state index contributed by atoms with van der Waals surface area (Å²) in [4.78, 5) is 0. The quantitative estimate of drug-likeness (QED) is 0.236. The Morgan fingerprint density at radius 1 is 0.591 bits per heavy atom. The zero-order valence-electron chi connectivity index (χ0n) is 11.6. The molecule has 0 aliphatic carbocycles. The van der Waals surface area contributed by atoms with Crippen molar-refractivity contribution in [2.24, 2.45) is 0 Å². The number of rotatable bonds is 3. The maximum Gasteiger partial charge on any atom is 2.00 e. The smallest absolute Gasteiger partial charge is 1.00 e. The van der Waals surface area contributed by atoms with Crippen LogP contribution < -0.4 is 40.7 Å². The average Bonchev–Trinajstić information content (AvgIpc) is 2.51. The molecule has 0 bridgehead atoms. The summed E-state index contributed by atoms with van der Waals surface area (Å²) in [5.41, 5.74) is 0. The molecular formula is C18H14Cl2PPd-. The van der Waals surface area contributed by atoms with E-state index in [2.05, 4.69) is 84.9 Å². The van der Waals surface area contributed by atoms with Gasteiger partial charge in [0.15, 0.2) is 0 Å². The predicted octanol–water partition coefficient (Wildman–Crippen LogP) is -2.75. The molecule has 0 aliphatic rings. The summed E-state index contributed by atoms with van der Waals surface area (Å²) in [5, 5.41) is 4.10. The van der Waals surface area contributed by atoms with Crippen LogP contribution in [0.3, 0.4) is 0 Å². The minimum absolute atomic E-state index is 0. The van der Waals surface area contributed by atoms with E-state index in [1.54, 1.807) is 0 Å². The Morgan fingerprint density at radius 2 is 1.05 bits per heavy atom. The summed E-state index contributed by atoms with van der Waals surface area (Å²) in [7, 11) is -0.477. The van der Waals surface area contributed by atoms with Crippen LogP contribution in [0.1, 0.15) is 0 Å². The Morgan fingerprint density at radius 3 is 1.45 bits per heavy atom. The Balaban J connectivity index is 0.00000147. The second-order valence-corrected chi connectivity index (χ2v) is 6.49. The predicted molar refractivity (Wildman–Crippen MR) is 84.0 cm³/mol. The largest absolute Gasteiger partial charge is 2.00 e. The van der Waals surface area contributed by atoms with E-state index in [9.17, 15) is 0 Å². The van der Waals surface area contributed by atoms with E-state index in [-0.39, 0.29) is 45.2 Å². The minimum atomic E-state index is -0.477. The molecule has 4 heteroatoms. The summed E-state index contributed by atoms with van der Waals surface area (Å²) >= 11 is 0. The maximum absolute atomic E-state index is 3.20. The molecule has 0 unspecified atom stereocenters. The molecule has 0 radical (unpaired) electrons. The zero-order chi connectivity index (χ0) is 12.9. The van der Waals surface area contributed by atoms with E-state index in [1.807, 2.05) is 6.07 Å². The first-order chi connectivity index (χ1) is 9.45. The van der Waals surface area contributed by atoms with Crippen LogP contribution in [0.2, 0.25) is 0 Å². The van der Waals surface area contributed by atoms with Gasteiger partial charge in [-0.3, -0.25) is 0 Å². The maximum atomic E-state index is 3.20. The molecular weight excluding hydrogens is 424 g/mol. The van der Waals surface area contributed by atoms with Gasteiger partial charge in [-0.05, 0) is 10.6 Å². The molecule has 0 heterocycles. The van der Waals surface area contributed by atoms with Crippen molar-refractivity contribution in [3.05, 3.63) is 91.0 Å². The third kappa shape index (κ3) is 5.20. The van der Waals surface area contributed by atoms with Crippen LogP contribution in [0.25, 0.3) is 0 Å². The standard InChI is InChI=1S/C18H14P.2ClH.Pd/c1-4-10-16(11-5-1)19(17-12-6-2-7-13-17)18-14-8-3-9-15-18;;;/h1-8,10-15H;2*1H;/q-1;;;+2/p-2. The van der Waals surface area contributed by atoms with Crippen molar-refractivity contribution in [2.75, 3.05) is 0 Å². The van der Waals surface area contributed by atoms with E-state index in [1.165, 1.54) is 15.9 Å². The van der Waals surface area contributed by atoms with Crippen LogP contribution in [-0.2, 0) is 20.4 Å². The van der Waals surface area contributed by atoms with Gasteiger partial charge in [0, 0.05) is 0 Å². The van der Waals surface area contributed by atoms with E-state index in [0.29, 0.717) is 0 Å². The molecule has 0 saturated carbocycles. The Hall–Kier alpha value is -0.668. The van der Waals surface area contributed by atoms with Crippen molar-refractivity contribution in [1.82, 2.24) is 0 Å². The van der Waals surface area contributed by atoms with Crippen molar-refractivity contribution >= 4 is 23.8 Å². The average molecular weight is 439 g/mol. The van der Waals surface area contributed by atoms with Crippen molar-refractivity contribution in [2.45, 2.75) is 0 Å². The molecule has 0 saturated heterocycles. The topological polar surface area (TPSA) is 0 Å². The van der Waals surface area contributed by atoms with Crippen LogP contribution in [0, 0.1) is 6.07 Å². The Kier molecular flexibility index (Phi) is 10.6. The molecule has 116 valence electrons. The molecule has 3 aromatic carbocycles. The van der Waals surface area contributed by atoms with Gasteiger partial charge in [0.1, 0.15) is 0 Å². The second-order valence-electron chi connectivity index (χ2n) is 4.27. The van der Waals surface area contributed by atoms with Crippen LogP contribution in [0.5, 0.6) is 0 Å². The number of halogens is 2. The molecule has 3 aromatic rings. The molecule has 3 rings (SSSR count). The van der Waals surface area contributed by atoms with Gasteiger partial charge in [-0.2, -0.15) is 30.3 Å². The summed E-state index contributed by atoms with van der Waals surface area (Å²) in [6.07, 6.45) is 0. The monoisotopic (exact) mass is 437 g/mol. The van der Waals surface area contributed by atoms with Gasteiger partial charge in [0.05, 0.1) is 0 Å². The molecule has 0 nitrogen and oxygen atoms in total. The van der Waals surface area contributed by atoms with Crippen molar-refractivity contribution < 1.29 is 45.2 Å². The Bertz CT molecular complexity index is 539. The molecule has 0 aliphatic heterocycles. The van der Waals surface area contributed by atoms with Crippen LogP contribution >= 0.6 is 7.92 Å². The van der Waals surface area contributed by atoms with Gasteiger partial charge in [-0.1, -0.05) is 68.6 Å². The third-order valence-electron chi connectivity index (χ3n) is 2.98. The number of hydrogen-bond donors (Lipinski definition) is 0. The summed E-state index contributed by atoms with van der Waals surface area (Å²) in [5.74, 6) is 0. The fraction of sp³-hybridized carbons (Fsp3) is 0. The van der Waals surface area contributed by atoms with Crippen LogP contribution in [0.4, 0.5) is 0 Å². The molecule has 0 amide bonds. The molecule has 0 N–H and O–H groups in total. The molecule has 0 aromatic heterocycles. The van der Waals surface area contributed by atoms with Crippen LogP contribution in [-0.4, -0.2) is 0 Å². The molecule has 0 spiro atoms. The SMILES string of the molecule is [Cl-].[Cl-].[Pd+2].[c-]1cccc(P(c2ccccc2)c2ccccc2)c1. The van der Waals surface area contributed by atoms with E-state index in [0.717, 1.165) is 0 Å². The van der Waals surface area contributed by atoms with E-state index < -0.39 is 7.92 Å². The fourth-order valence-corrected chi connectivity index (χ4v) is 4.40. The minimum Gasteiger partial charge on any atom is -1.00 e. The molecule has 0 atom stereocenters. The summed E-state index contributed by atoms with van der Waals surface area (Å²) < 4.78 is 0. The van der Waals surface area contributed by atoms with Gasteiger partial charge < -0.3 is 24.8 Å². The first-order valence-corrected chi connectivity index (χ1v) is 7.66. The molecule has 0 fully saturated rings. The number of benzene rings is 3. The van der Waals surface area contributed by atoms with Gasteiger partial charge in [0.25, 0.3) is 0 Å². The van der Waals surface area contributed by atoms with Gasteiger partial charge >= 0.3 is 20.4 Å². The van der Waals surface area contributed by atoms with Crippen LogP contribution in [0.15, 0.2) is 84.9 Å². The first-order valence-electron chi connectivity index (χ1n) is 6.31. The zero-order valence-corrected chi connectivity index (χ0v) is 15.6. The normalized spacial score (nSPS) is 9.14. The second kappa shape index (κ2) is 11.0. The van der Waals surface area contributed by atoms with E-state index >= 15 is 0 Å². The van der Waals surface area contributed by atoms with Crippen molar-refractivity contribution in [1.29, 1.82) is 0 Å². The van der Waals surface area contributed by atoms with Gasteiger partial charge in [-0.15, -0.1) is 5.30 Å². The first kappa shape index (κ1) is 21.3. The van der Waals surface area contributed by atoms with Crippen molar-refractivity contribution in [3.8, 4) is 0 Å². The summed E-state index contributed by atoms with van der Waals surface area (Å²) in [6, 6.07) is 33.0. The van der Waals surface area contributed by atoms with Crippen molar-refractivity contribution in [3.63, 3.8) is 0 Å². The Labute approximate surface area is 159 Å². The van der Waals surface area contributed by atoms with Gasteiger partial charge in [-0.25, -0.2) is 0 Å². The molecule has 22 heavy (non-hydrogen) atoms. The fourth-order valence-electron chi connectivity index (χ4n) is 2.12. The number of hydrogen-bond acceptors (Lipinski definition) is 0. The summed E-state index contributed by atoms with van der Waals surface area (Å²) in [6.45, 7) is 0. The third-order valence-corrected chi connectivity index (χ3v) is 5.40.